The maximum Gasteiger partial charge on any atom is 0.0485 e. The minimum absolute atomic E-state index is 0.0809. The van der Waals surface area contributed by atoms with Gasteiger partial charge in [0, 0.05) is 28.9 Å². The Morgan fingerprint density at radius 1 is 1.21 bits per heavy atom. The summed E-state index contributed by atoms with van der Waals surface area (Å²) in [6, 6.07) is 11.9. The molecule has 2 nitrogen and oxygen atoms in total. The highest BCUT2D eigenvalue weighted by Gasteiger charge is 2.28. The van der Waals surface area contributed by atoms with Gasteiger partial charge in [0.15, 0.2) is 0 Å². The van der Waals surface area contributed by atoms with Crippen molar-refractivity contribution in [3.63, 3.8) is 0 Å². The van der Waals surface area contributed by atoms with Gasteiger partial charge in [-0.25, -0.2) is 0 Å². The molecule has 1 aliphatic carbocycles. The third-order valence-corrected chi connectivity index (χ3v) is 4.28. The number of pyridine rings is 1. The molecule has 0 fully saturated rings. The number of benzene rings is 1. The molecular weight excluding hydrogens is 256 g/mol. The van der Waals surface area contributed by atoms with E-state index in [1.165, 1.54) is 12.0 Å². The Hall–Kier alpha value is -1.38. The third-order valence-electron chi connectivity index (χ3n) is 3.94. The van der Waals surface area contributed by atoms with Gasteiger partial charge in [-0.2, -0.15) is 0 Å². The molecule has 0 spiro atoms. The summed E-state index contributed by atoms with van der Waals surface area (Å²) in [5.74, 6) is 0.268. The quantitative estimate of drug-likeness (QED) is 0.902. The van der Waals surface area contributed by atoms with E-state index in [2.05, 4.69) is 11.1 Å². The molecule has 0 saturated carbocycles. The van der Waals surface area contributed by atoms with Crippen LogP contribution in [0.5, 0.6) is 0 Å². The monoisotopic (exact) mass is 272 g/mol. The van der Waals surface area contributed by atoms with E-state index in [4.69, 9.17) is 17.3 Å². The minimum atomic E-state index is -0.0809. The van der Waals surface area contributed by atoms with E-state index in [0.717, 1.165) is 29.1 Å². The molecule has 0 aliphatic heterocycles. The van der Waals surface area contributed by atoms with Gasteiger partial charge in [0.2, 0.25) is 0 Å². The summed E-state index contributed by atoms with van der Waals surface area (Å²) in [6.45, 7) is 0. The van der Waals surface area contributed by atoms with Crippen molar-refractivity contribution in [2.24, 2.45) is 5.73 Å². The zero-order valence-corrected chi connectivity index (χ0v) is 11.5. The lowest BCUT2D eigenvalue weighted by Gasteiger charge is -2.29. The van der Waals surface area contributed by atoms with Crippen LogP contribution in [0.15, 0.2) is 42.6 Å². The van der Waals surface area contributed by atoms with E-state index >= 15 is 0 Å². The second-order valence-corrected chi connectivity index (χ2v) is 5.50. The van der Waals surface area contributed by atoms with Crippen LogP contribution in [0, 0.1) is 0 Å². The van der Waals surface area contributed by atoms with E-state index in [0.29, 0.717) is 0 Å². The van der Waals surface area contributed by atoms with Crippen molar-refractivity contribution in [1.82, 2.24) is 4.98 Å². The van der Waals surface area contributed by atoms with Gasteiger partial charge in [0.05, 0.1) is 0 Å². The van der Waals surface area contributed by atoms with Gasteiger partial charge >= 0.3 is 0 Å². The van der Waals surface area contributed by atoms with Crippen LogP contribution in [-0.4, -0.2) is 4.98 Å². The molecule has 1 aromatic heterocycles. The highest BCUT2D eigenvalue weighted by Crippen LogP contribution is 2.39. The van der Waals surface area contributed by atoms with Crippen molar-refractivity contribution in [2.45, 2.75) is 31.2 Å². The predicted octanol–water partition coefficient (Wildman–Crippen LogP) is 3.85. The number of nitrogens with zero attached hydrogens (tertiary/aromatic N) is 1. The van der Waals surface area contributed by atoms with Crippen LogP contribution in [0.25, 0.3) is 0 Å². The first-order valence-electron chi connectivity index (χ1n) is 6.71. The fourth-order valence-electron chi connectivity index (χ4n) is 2.96. The van der Waals surface area contributed by atoms with Crippen LogP contribution in [-0.2, 0) is 6.42 Å². The molecule has 0 bridgehead atoms. The van der Waals surface area contributed by atoms with Gasteiger partial charge in [-0.3, -0.25) is 4.98 Å². The largest absolute Gasteiger partial charge is 0.323 e. The first-order valence-corrected chi connectivity index (χ1v) is 7.09. The fourth-order valence-corrected chi connectivity index (χ4v) is 3.22. The van der Waals surface area contributed by atoms with Crippen molar-refractivity contribution in [1.29, 1.82) is 0 Å². The summed E-state index contributed by atoms with van der Waals surface area (Å²) < 4.78 is 0. The van der Waals surface area contributed by atoms with E-state index in [-0.39, 0.29) is 12.0 Å². The zero-order chi connectivity index (χ0) is 13.2. The highest BCUT2D eigenvalue weighted by molar-refractivity contribution is 6.31. The second kappa shape index (κ2) is 5.32. The van der Waals surface area contributed by atoms with Gasteiger partial charge in [0.25, 0.3) is 0 Å². The van der Waals surface area contributed by atoms with Gasteiger partial charge in [-0.1, -0.05) is 35.9 Å². The fraction of sp³-hybridized carbons (Fsp3) is 0.312. The topological polar surface area (TPSA) is 38.9 Å². The Labute approximate surface area is 118 Å². The average Bonchev–Trinajstić information content (AvgIpc) is 2.46. The molecular formula is C16H17ClN2. The van der Waals surface area contributed by atoms with Gasteiger partial charge in [0.1, 0.15) is 0 Å². The number of rotatable bonds is 2. The Morgan fingerprint density at radius 3 is 2.89 bits per heavy atom. The van der Waals surface area contributed by atoms with Crippen LogP contribution >= 0.6 is 11.6 Å². The molecule has 1 heterocycles. The van der Waals surface area contributed by atoms with Crippen molar-refractivity contribution in [2.75, 3.05) is 0 Å². The molecule has 19 heavy (non-hydrogen) atoms. The molecule has 2 aromatic rings. The number of aromatic nitrogens is 1. The first-order chi connectivity index (χ1) is 9.27. The van der Waals surface area contributed by atoms with Crippen molar-refractivity contribution >= 4 is 11.6 Å². The summed E-state index contributed by atoms with van der Waals surface area (Å²) in [4.78, 5) is 4.55. The SMILES string of the molecule is NC(c1ccccc1Cl)C1CCCc2cccnc21. The normalized spacial score (nSPS) is 19.8. The van der Waals surface area contributed by atoms with Gasteiger partial charge < -0.3 is 5.73 Å². The lowest BCUT2D eigenvalue weighted by atomic mass is 9.80. The Kier molecular flexibility index (Phi) is 3.54. The molecule has 0 saturated heterocycles. The summed E-state index contributed by atoms with van der Waals surface area (Å²) in [5, 5.41) is 0.748. The molecule has 0 radical (unpaired) electrons. The molecule has 2 N–H and O–H groups in total. The van der Waals surface area contributed by atoms with E-state index in [1.54, 1.807) is 0 Å². The van der Waals surface area contributed by atoms with Crippen LogP contribution in [0.1, 0.15) is 41.6 Å². The lowest BCUT2D eigenvalue weighted by Crippen LogP contribution is -2.24. The summed E-state index contributed by atoms with van der Waals surface area (Å²) in [5.41, 5.74) is 9.97. The Bertz CT molecular complexity index is 582. The minimum Gasteiger partial charge on any atom is -0.323 e. The lowest BCUT2D eigenvalue weighted by molar-refractivity contribution is 0.463. The molecule has 98 valence electrons. The van der Waals surface area contributed by atoms with Crippen molar-refractivity contribution in [3.8, 4) is 0 Å². The van der Waals surface area contributed by atoms with Gasteiger partial charge in [-0.05, 0) is 42.5 Å². The molecule has 1 aliphatic rings. The Balaban J connectivity index is 1.98. The smallest absolute Gasteiger partial charge is 0.0485 e. The van der Waals surface area contributed by atoms with E-state index in [9.17, 15) is 0 Å². The van der Waals surface area contributed by atoms with Crippen LogP contribution in [0.2, 0.25) is 5.02 Å². The van der Waals surface area contributed by atoms with Crippen molar-refractivity contribution in [3.05, 3.63) is 64.4 Å². The molecule has 0 amide bonds. The molecule has 3 rings (SSSR count). The maximum atomic E-state index is 6.46. The maximum absolute atomic E-state index is 6.46. The van der Waals surface area contributed by atoms with Gasteiger partial charge in [-0.15, -0.1) is 0 Å². The highest BCUT2D eigenvalue weighted by atomic mass is 35.5. The zero-order valence-electron chi connectivity index (χ0n) is 10.7. The standard InChI is InChI=1S/C16H17ClN2/c17-14-9-2-1-7-12(14)15(18)13-8-3-5-11-6-4-10-19-16(11)13/h1-2,4,6-7,9-10,13,15H,3,5,8,18H2. The number of halogens is 1. The number of fused-ring (bicyclic) bond motifs is 1. The number of nitrogens with two attached hydrogens (primary N) is 1. The summed E-state index contributed by atoms with van der Waals surface area (Å²) in [7, 11) is 0. The van der Waals surface area contributed by atoms with Crippen molar-refractivity contribution < 1.29 is 0 Å². The third kappa shape index (κ3) is 2.38. The van der Waals surface area contributed by atoms with Crippen LogP contribution in [0.3, 0.4) is 0 Å². The number of hydrogen-bond donors (Lipinski definition) is 1. The Morgan fingerprint density at radius 2 is 2.05 bits per heavy atom. The number of aryl methyl sites for hydroxylation is 1. The first kappa shape index (κ1) is 12.6. The number of hydrogen-bond acceptors (Lipinski definition) is 2. The molecule has 2 atom stereocenters. The molecule has 2 unspecified atom stereocenters. The average molecular weight is 273 g/mol. The van der Waals surface area contributed by atoms with E-state index in [1.807, 2.05) is 36.5 Å². The second-order valence-electron chi connectivity index (χ2n) is 5.09. The van der Waals surface area contributed by atoms with Crippen LogP contribution < -0.4 is 5.73 Å². The van der Waals surface area contributed by atoms with Crippen LogP contribution in [0.4, 0.5) is 0 Å². The molecule has 1 aromatic carbocycles. The molecule has 3 heteroatoms. The predicted molar refractivity (Wildman–Crippen MR) is 78.3 cm³/mol. The summed E-state index contributed by atoms with van der Waals surface area (Å²) in [6.07, 6.45) is 5.21. The summed E-state index contributed by atoms with van der Waals surface area (Å²) >= 11 is 6.27. The van der Waals surface area contributed by atoms with E-state index < -0.39 is 0 Å².